The van der Waals surface area contributed by atoms with Crippen LogP contribution in [0.25, 0.3) is 0 Å². The van der Waals surface area contributed by atoms with Crippen LogP contribution in [-0.4, -0.2) is 19.8 Å². The molecule has 2 aliphatic rings. The largest absolute Gasteiger partial charge is 0.384 e. The molecule has 136 valence electrons. The molecular weight excluding hydrogens is 294 g/mol. The quantitative estimate of drug-likeness (QED) is 0.532. The highest BCUT2D eigenvalue weighted by molar-refractivity contribution is 5.24. The van der Waals surface area contributed by atoms with Gasteiger partial charge in [-0.3, -0.25) is 0 Å². The van der Waals surface area contributed by atoms with E-state index in [4.69, 9.17) is 10.5 Å². The summed E-state index contributed by atoms with van der Waals surface area (Å²) in [4.78, 5) is 0. The third-order valence-corrected chi connectivity index (χ3v) is 6.96. The van der Waals surface area contributed by atoms with Crippen molar-refractivity contribution in [2.24, 2.45) is 28.4 Å². The molecule has 2 rings (SSSR count). The van der Waals surface area contributed by atoms with Gasteiger partial charge in [0, 0.05) is 13.2 Å². The van der Waals surface area contributed by atoms with Crippen molar-refractivity contribution in [3.05, 3.63) is 36.5 Å². The van der Waals surface area contributed by atoms with Crippen LogP contribution >= 0.6 is 0 Å². The van der Waals surface area contributed by atoms with E-state index in [-0.39, 0.29) is 6.04 Å². The van der Waals surface area contributed by atoms with Gasteiger partial charge in [-0.1, -0.05) is 63.6 Å². The van der Waals surface area contributed by atoms with Crippen molar-refractivity contribution >= 4 is 0 Å². The van der Waals surface area contributed by atoms with Gasteiger partial charge in [-0.05, 0) is 54.8 Å². The molecule has 2 heteroatoms. The maximum absolute atomic E-state index is 6.51. The van der Waals surface area contributed by atoms with E-state index in [1.165, 1.54) is 30.4 Å². The number of rotatable bonds is 6. The predicted octanol–water partition coefficient (Wildman–Crippen LogP) is 5.26. The first-order chi connectivity index (χ1) is 11.3. The lowest BCUT2D eigenvalue weighted by molar-refractivity contribution is -0.0554. The summed E-state index contributed by atoms with van der Waals surface area (Å²) in [6.07, 6.45) is 11.3. The standard InChI is InChI=1S/C22H37NO/c1-7-17(11-14-24-6)9-10-18-16(2)19(23)15-20-21(3,4)12-8-13-22(18,20)5/h7,9,18-20H,1-2,8,10-15,23H2,3-6H3/b17-9-. The fraction of sp³-hybridized carbons (Fsp3) is 0.727. The minimum atomic E-state index is 0.144. The molecular formula is C22H37NO. The van der Waals surface area contributed by atoms with Crippen LogP contribution in [0.4, 0.5) is 0 Å². The van der Waals surface area contributed by atoms with Crippen LogP contribution in [0.2, 0.25) is 0 Å². The Balaban J connectivity index is 2.26. The lowest BCUT2D eigenvalue weighted by Gasteiger charge is -2.59. The molecule has 2 fully saturated rings. The SMILES string of the molecule is C=C/C(=C/CC1C(=C)C(N)CC2C(C)(C)CCCC12C)CCOC. The van der Waals surface area contributed by atoms with Crippen molar-refractivity contribution in [3.63, 3.8) is 0 Å². The van der Waals surface area contributed by atoms with Crippen LogP contribution < -0.4 is 5.73 Å². The fourth-order valence-corrected chi connectivity index (χ4v) is 5.46. The molecule has 4 unspecified atom stereocenters. The molecule has 0 radical (unpaired) electrons. The van der Waals surface area contributed by atoms with Gasteiger partial charge in [-0.15, -0.1) is 0 Å². The van der Waals surface area contributed by atoms with Gasteiger partial charge in [0.1, 0.15) is 0 Å². The first kappa shape index (κ1) is 19.5. The van der Waals surface area contributed by atoms with E-state index in [9.17, 15) is 0 Å². The molecule has 4 atom stereocenters. The maximum atomic E-state index is 6.51. The molecule has 2 aliphatic carbocycles. The minimum absolute atomic E-state index is 0.144. The van der Waals surface area contributed by atoms with Crippen molar-refractivity contribution in [2.75, 3.05) is 13.7 Å². The second kappa shape index (κ2) is 7.58. The average molecular weight is 332 g/mol. The van der Waals surface area contributed by atoms with Gasteiger partial charge in [0.25, 0.3) is 0 Å². The predicted molar refractivity (Wildman–Crippen MR) is 104 cm³/mol. The Morgan fingerprint density at radius 1 is 1.33 bits per heavy atom. The number of nitrogens with two attached hydrogens (primary N) is 1. The smallest absolute Gasteiger partial charge is 0.0502 e. The molecule has 0 aromatic rings. The summed E-state index contributed by atoms with van der Waals surface area (Å²) in [6.45, 7) is 16.5. The summed E-state index contributed by atoms with van der Waals surface area (Å²) in [5.41, 5.74) is 9.75. The summed E-state index contributed by atoms with van der Waals surface area (Å²) in [6, 6.07) is 0.144. The van der Waals surface area contributed by atoms with Crippen molar-refractivity contribution in [1.82, 2.24) is 0 Å². The van der Waals surface area contributed by atoms with Crippen LogP contribution in [0, 0.1) is 22.7 Å². The fourth-order valence-electron chi connectivity index (χ4n) is 5.46. The molecule has 2 N–H and O–H groups in total. The highest BCUT2D eigenvalue weighted by Gasteiger charge is 2.54. The van der Waals surface area contributed by atoms with Gasteiger partial charge in [-0.25, -0.2) is 0 Å². The van der Waals surface area contributed by atoms with Crippen LogP contribution in [0.3, 0.4) is 0 Å². The Morgan fingerprint density at radius 3 is 2.67 bits per heavy atom. The Labute approximate surface area is 149 Å². The molecule has 2 nitrogen and oxygen atoms in total. The van der Waals surface area contributed by atoms with Gasteiger partial charge < -0.3 is 10.5 Å². The topological polar surface area (TPSA) is 35.2 Å². The maximum Gasteiger partial charge on any atom is 0.0502 e. The molecule has 0 amide bonds. The number of fused-ring (bicyclic) bond motifs is 1. The van der Waals surface area contributed by atoms with E-state index < -0.39 is 0 Å². The highest BCUT2D eigenvalue weighted by atomic mass is 16.5. The summed E-state index contributed by atoms with van der Waals surface area (Å²) in [5, 5.41) is 0. The summed E-state index contributed by atoms with van der Waals surface area (Å²) in [5.74, 6) is 1.16. The van der Waals surface area contributed by atoms with Gasteiger partial charge in [0.05, 0.1) is 6.61 Å². The van der Waals surface area contributed by atoms with Crippen molar-refractivity contribution in [1.29, 1.82) is 0 Å². The molecule has 24 heavy (non-hydrogen) atoms. The van der Waals surface area contributed by atoms with E-state index in [1.807, 2.05) is 6.08 Å². The number of hydrogen-bond donors (Lipinski definition) is 1. The van der Waals surface area contributed by atoms with Crippen LogP contribution in [0.15, 0.2) is 36.5 Å². The number of methoxy groups -OCH3 is 1. The van der Waals surface area contributed by atoms with Crippen LogP contribution in [0.5, 0.6) is 0 Å². The van der Waals surface area contributed by atoms with E-state index in [1.54, 1.807) is 7.11 Å². The normalized spacial score (nSPS) is 36.3. The van der Waals surface area contributed by atoms with Crippen LogP contribution in [0.1, 0.15) is 59.3 Å². The number of allylic oxidation sites excluding steroid dienone is 2. The number of ether oxygens (including phenoxy) is 1. The van der Waals surface area contributed by atoms with Gasteiger partial charge in [0.15, 0.2) is 0 Å². The first-order valence-electron chi connectivity index (χ1n) is 9.51. The van der Waals surface area contributed by atoms with Crippen molar-refractivity contribution < 1.29 is 4.74 Å². The Morgan fingerprint density at radius 2 is 2.04 bits per heavy atom. The molecule has 0 aliphatic heterocycles. The molecule has 0 bridgehead atoms. The average Bonchev–Trinajstić information content (AvgIpc) is 2.52. The molecule has 0 aromatic heterocycles. The third-order valence-electron chi connectivity index (χ3n) is 6.96. The highest BCUT2D eigenvalue weighted by Crippen LogP contribution is 2.61. The van der Waals surface area contributed by atoms with E-state index >= 15 is 0 Å². The van der Waals surface area contributed by atoms with Gasteiger partial charge >= 0.3 is 0 Å². The van der Waals surface area contributed by atoms with Crippen molar-refractivity contribution in [2.45, 2.75) is 65.3 Å². The first-order valence-corrected chi connectivity index (χ1v) is 9.51. The Hall–Kier alpha value is -0.860. The number of hydrogen-bond acceptors (Lipinski definition) is 2. The van der Waals surface area contributed by atoms with Gasteiger partial charge in [0.2, 0.25) is 0 Å². The zero-order chi connectivity index (χ0) is 18.0. The minimum Gasteiger partial charge on any atom is -0.384 e. The zero-order valence-corrected chi connectivity index (χ0v) is 16.2. The molecule has 0 aromatic carbocycles. The van der Waals surface area contributed by atoms with E-state index in [0.29, 0.717) is 22.7 Å². The molecule has 2 saturated carbocycles. The van der Waals surface area contributed by atoms with E-state index in [0.717, 1.165) is 25.9 Å². The monoisotopic (exact) mass is 331 g/mol. The Kier molecular flexibility index (Phi) is 6.14. The van der Waals surface area contributed by atoms with Crippen LogP contribution in [-0.2, 0) is 4.74 Å². The van der Waals surface area contributed by atoms with Crippen molar-refractivity contribution in [3.8, 4) is 0 Å². The molecule has 0 spiro atoms. The molecule has 0 saturated heterocycles. The van der Waals surface area contributed by atoms with Gasteiger partial charge in [-0.2, -0.15) is 0 Å². The summed E-state index contributed by atoms with van der Waals surface area (Å²) >= 11 is 0. The second-order valence-corrected chi connectivity index (χ2v) is 8.83. The molecule has 0 heterocycles. The summed E-state index contributed by atoms with van der Waals surface area (Å²) < 4.78 is 5.21. The summed E-state index contributed by atoms with van der Waals surface area (Å²) in [7, 11) is 1.75. The Bertz CT molecular complexity index is 504. The zero-order valence-electron chi connectivity index (χ0n) is 16.2. The van der Waals surface area contributed by atoms with E-state index in [2.05, 4.69) is 40.0 Å². The lowest BCUT2D eigenvalue weighted by Crippen LogP contribution is -2.54. The lowest BCUT2D eigenvalue weighted by atomic mass is 9.46. The second-order valence-electron chi connectivity index (χ2n) is 8.83. The third kappa shape index (κ3) is 3.70.